The topological polar surface area (TPSA) is 110 Å². The van der Waals surface area contributed by atoms with Crippen molar-refractivity contribution in [2.24, 2.45) is 0 Å². The molecular formula is C29H18FN5O4S. The number of aryl methyl sites for hydroxylation is 1. The molecule has 1 aliphatic heterocycles. The highest BCUT2D eigenvalue weighted by atomic mass is 32.1. The molecule has 9 nitrogen and oxygen atoms in total. The van der Waals surface area contributed by atoms with Crippen molar-refractivity contribution in [3.05, 3.63) is 105 Å². The van der Waals surface area contributed by atoms with E-state index < -0.39 is 23.2 Å². The summed E-state index contributed by atoms with van der Waals surface area (Å²) in [4.78, 5) is 46.1. The van der Waals surface area contributed by atoms with Gasteiger partial charge in [-0.15, -0.1) is 5.10 Å². The Balaban J connectivity index is 1.28. The summed E-state index contributed by atoms with van der Waals surface area (Å²) < 4.78 is 20.5. The second kappa shape index (κ2) is 8.95. The van der Waals surface area contributed by atoms with E-state index in [0.717, 1.165) is 22.3 Å². The van der Waals surface area contributed by atoms with Gasteiger partial charge in [0.2, 0.25) is 16.7 Å². The molecule has 1 N–H and O–H groups in total. The molecule has 1 aliphatic rings. The van der Waals surface area contributed by atoms with Gasteiger partial charge in [0.15, 0.2) is 5.76 Å². The summed E-state index contributed by atoms with van der Waals surface area (Å²) in [5.74, 6) is -0.611. The van der Waals surface area contributed by atoms with Gasteiger partial charge in [-0.1, -0.05) is 47.7 Å². The number of nitrogens with one attached hydrogen (secondary N) is 1. The van der Waals surface area contributed by atoms with Crippen LogP contribution in [0.1, 0.15) is 11.1 Å². The number of anilines is 2. The first-order chi connectivity index (χ1) is 19.4. The molecule has 6 aromatic rings. The molecule has 0 spiro atoms. The molecule has 7 rings (SSSR count). The fourth-order valence-electron chi connectivity index (χ4n) is 4.90. The van der Waals surface area contributed by atoms with E-state index >= 15 is 0 Å². The highest BCUT2D eigenvalue weighted by Crippen LogP contribution is 2.35. The van der Waals surface area contributed by atoms with Gasteiger partial charge in [-0.3, -0.25) is 19.3 Å². The van der Waals surface area contributed by atoms with E-state index in [2.05, 4.69) is 15.4 Å². The number of aromatic nitrogens is 3. The molecule has 0 aliphatic carbocycles. The van der Waals surface area contributed by atoms with E-state index in [0.29, 0.717) is 33.2 Å². The fraction of sp³-hybridized carbons (Fsp3) is 0.0690. The number of thiazole rings is 1. The zero-order chi connectivity index (χ0) is 27.5. The van der Waals surface area contributed by atoms with Crippen LogP contribution in [-0.2, 0) is 9.59 Å². The molecule has 11 heteroatoms. The fourth-order valence-corrected chi connectivity index (χ4v) is 5.90. The second-order valence-corrected chi connectivity index (χ2v) is 10.2. The Bertz CT molecular complexity index is 2110. The molecule has 0 bridgehead atoms. The van der Waals surface area contributed by atoms with Crippen molar-refractivity contribution in [2.75, 3.05) is 16.8 Å². The molecule has 3 aromatic carbocycles. The summed E-state index contributed by atoms with van der Waals surface area (Å²) in [6.45, 7) is 1.62. The molecule has 0 saturated heterocycles. The number of nitrogens with zero attached hydrogens (tertiary/aromatic N) is 4. The molecule has 4 heterocycles. The SMILES string of the molecule is Cc1c(-c2nc3sc(=C4C(=O)N(CC(=O)Nc5ccc(F)cc5)c5ccccc54)c(=O)n3n2)oc2ccccc12. The molecule has 196 valence electrons. The first-order valence-electron chi connectivity index (χ1n) is 12.3. The van der Waals surface area contributed by atoms with Gasteiger partial charge in [0.1, 0.15) is 22.5 Å². The standard InChI is InChI=1S/C29H18FN5O4S/c1-15-18-6-3-5-9-21(18)39-24(15)26-32-29-35(33-26)28(38)25(40-29)23-19-7-2-4-8-20(19)34(27(23)37)14-22(36)31-17-12-10-16(30)11-13-17/h2-13H,14H2,1H3,(H,31,36). The minimum atomic E-state index is -0.483. The lowest BCUT2D eigenvalue weighted by Gasteiger charge is -2.16. The number of rotatable bonds is 4. The average molecular weight is 552 g/mol. The lowest BCUT2D eigenvalue weighted by molar-refractivity contribution is -0.118. The zero-order valence-corrected chi connectivity index (χ0v) is 21.7. The predicted octanol–water partition coefficient (Wildman–Crippen LogP) is 3.91. The summed E-state index contributed by atoms with van der Waals surface area (Å²) in [5.41, 5.74) is 2.72. The minimum Gasteiger partial charge on any atom is -0.452 e. The largest absolute Gasteiger partial charge is 0.452 e. The zero-order valence-electron chi connectivity index (χ0n) is 20.8. The van der Waals surface area contributed by atoms with Crippen LogP contribution < -0.4 is 20.3 Å². The number of para-hydroxylation sites is 2. The predicted molar refractivity (Wildman–Crippen MR) is 149 cm³/mol. The molecule has 0 fully saturated rings. The lowest BCUT2D eigenvalue weighted by Crippen LogP contribution is -2.37. The lowest BCUT2D eigenvalue weighted by atomic mass is 10.1. The number of benzene rings is 3. The molecule has 0 atom stereocenters. The third kappa shape index (κ3) is 3.70. The Morgan fingerprint density at radius 1 is 1.02 bits per heavy atom. The summed E-state index contributed by atoms with van der Waals surface area (Å²) in [6.07, 6.45) is 0. The molecule has 3 aromatic heterocycles. The third-order valence-corrected chi connectivity index (χ3v) is 7.81. The van der Waals surface area contributed by atoms with Crippen molar-refractivity contribution >= 4 is 56.0 Å². The summed E-state index contributed by atoms with van der Waals surface area (Å²) >= 11 is 1.06. The number of hydrogen-bond acceptors (Lipinski definition) is 7. The smallest absolute Gasteiger partial charge is 0.291 e. The van der Waals surface area contributed by atoms with E-state index in [-0.39, 0.29) is 22.5 Å². The van der Waals surface area contributed by atoms with Crippen molar-refractivity contribution in [3.8, 4) is 11.6 Å². The van der Waals surface area contributed by atoms with Crippen molar-refractivity contribution < 1.29 is 18.4 Å². The molecular weight excluding hydrogens is 533 g/mol. The van der Waals surface area contributed by atoms with E-state index in [9.17, 15) is 18.8 Å². The molecule has 0 radical (unpaired) electrons. The average Bonchev–Trinajstić information content (AvgIpc) is 3.67. The monoisotopic (exact) mass is 551 g/mol. The third-order valence-electron chi connectivity index (χ3n) is 6.78. The summed E-state index contributed by atoms with van der Waals surface area (Å²) in [5, 5.41) is 8.01. The van der Waals surface area contributed by atoms with E-state index in [4.69, 9.17) is 4.42 Å². The van der Waals surface area contributed by atoms with E-state index in [1.807, 2.05) is 31.2 Å². The van der Waals surface area contributed by atoms with Crippen LogP contribution in [0.3, 0.4) is 0 Å². The van der Waals surface area contributed by atoms with Crippen LogP contribution in [0.15, 0.2) is 82.0 Å². The Morgan fingerprint density at radius 2 is 1.77 bits per heavy atom. The van der Waals surface area contributed by atoms with Gasteiger partial charge in [-0.05, 0) is 43.3 Å². The Labute approximate surface area is 228 Å². The minimum absolute atomic E-state index is 0.182. The van der Waals surface area contributed by atoms with Crippen LogP contribution >= 0.6 is 11.3 Å². The molecule has 0 saturated carbocycles. The number of hydrogen-bond donors (Lipinski definition) is 1. The maximum Gasteiger partial charge on any atom is 0.291 e. The number of fused-ring (bicyclic) bond motifs is 3. The number of furan rings is 1. The second-order valence-electron chi connectivity index (χ2n) is 9.26. The normalized spacial score (nSPS) is 14.3. The number of carbonyl (C=O) groups is 2. The van der Waals surface area contributed by atoms with Gasteiger partial charge in [0, 0.05) is 22.2 Å². The maximum absolute atomic E-state index is 13.6. The van der Waals surface area contributed by atoms with Crippen molar-refractivity contribution in [3.63, 3.8) is 0 Å². The van der Waals surface area contributed by atoms with Crippen molar-refractivity contribution in [2.45, 2.75) is 6.92 Å². The molecule has 2 amide bonds. The van der Waals surface area contributed by atoms with Gasteiger partial charge in [0.25, 0.3) is 11.5 Å². The van der Waals surface area contributed by atoms with Crippen LogP contribution in [0.5, 0.6) is 0 Å². The first-order valence-corrected chi connectivity index (χ1v) is 13.1. The van der Waals surface area contributed by atoms with Gasteiger partial charge in [0.05, 0.1) is 11.3 Å². The summed E-state index contributed by atoms with van der Waals surface area (Å²) in [6, 6.07) is 19.9. The Kier molecular flexibility index (Phi) is 5.35. The van der Waals surface area contributed by atoms with Gasteiger partial charge >= 0.3 is 0 Å². The molecule has 40 heavy (non-hydrogen) atoms. The van der Waals surface area contributed by atoms with E-state index in [1.165, 1.54) is 33.7 Å². The molecule has 0 unspecified atom stereocenters. The van der Waals surface area contributed by atoms with Gasteiger partial charge < -0.3 is 9.73 Å². The maximum atomic E-state index is 13.6. The highest BCUT2D eigenvalue weighted by molar-refractivity contribution is 7.15. The first kappa shape index (κ1) is 23.9. The Hall–Kier alpha value is -5.16. The van der Waals surface area contributed by atoms with Crippen LogP contribution in [0, 0.1) is 12.7 Å². The number of amides is 2. The van der Waals surface area contributed by atoms with Gasteiger partial charge in [-0.25, -0.2) is 4.39 Å². The number of halogens is 1. The highest BCUT2D eigenvalue weighted by Gasteiger charge is 2.35. The summed E-state index contributed by atoms with van der Waals surface area (Å²) in [7, 11) is 0. The van der Waals surface area contributed by atoms with Crippen molar-refractivity contribution in [1.82, 2.24) is 14.6 Å². The van der Waals surface area contributed by atoms with Crippen LogP contribution in [0.4, 0.5) is 15.8 Å². The van der Waals surface area contributed by atoms with E-state index in [1.54, 1.807) is 24.3 Å². The van der Waals surface area contributed by atoms with Crippen LogP contribution in [0.2, 0.25) is 0 Å². The van der Waals surface area contributed by atoms with Crippen molar-refractivity contribution in [1.29, 1.82) is 0 Å². The van der Waals surface area contributed by atoms with Crippen LogP contribution in [-0.4, -0.2) is 33.0 Å². The number of carbonyl (C=O) groups excluding carboxylic acids is 2. The quantitative estimate of drug-likeness (QED) is 0.356. The van der Waals surface area contributed by atoms with Gasteiger partial charge in [-0.2, -0.15) is 9.50 Å². The Morgan fingerprint density at radius 3 is 2.55 bits per heavy atom. The van der Waals surface area contributed by atoms with Crippen LogP contribution in [0.25, 0.3) is 33.1 Å².